The van der Waals surface area contributed by atoms with Gasteiger partial charge in [-0.15, -0.1) is 11.3 Å². The first-order valence-electron chi connectivity index (χ1n) is 7.46. The topological polar surface area (TPSA) is 34.1 Å². The molecule has 3 nitrogen and oxygen atoms in total. The second-order valence-corrected chi connectivity index (χ2v) is 6.66. The fourth-order valence-corrected chi connectivity index (χ4v) is 3.76. The highest BCUT2D eigenvalue weighted by Gasteiger charge is 2.38. The van der Waals surface area contributed by atoms with E-state index in [4.69, 9.17) is 9.72 Å². The molecule has 0 unspecified atom stereocenters. The second-order valence-electron chi connectivity index (χ2n) is 5.80. The Kier molecular flexibility index (Phi) is 5.37. The van der Waals surface area contributed by atoms with Crippen molar-refractivity contribution >= 4 is 11.3 Å². The van der Waals surface area contributed by atoms with Gasteiger partial charge in [-0.25, -0.2) is 4.98 Å². The minimum Gasteiger partial charge on any atom is -0.368 e. The first-order valence-corrected chi connectivity index (χ1v) is 8.34. The summed E-state index contributed by atoms with van der Waals surface area (Å²) in [6.07, 6.45) is 4.79. The Morgan fingerprint density at radius 2 is 2.16 bits per heavy atom. The Hall–Kier alpha value is -0.450. The largest absolute Gasteiger partial charge is 0.368 e. The molecule has 0 atom stereocenters. The number of rotatable bonds is 7. The third-order valence-electron chi connectivity index (χ3n) is 3.63. The third kappa shape index (κ3) is 3.77. The summed E-state index contributed by atoms with van der Waals surface area (Å²) in [4.78, 5) is 4.81. The fraction of sp³-hybridized carbons (Fsp3) is 0.800. The zero-order chi connectivity index (χ0) is 13.7. The van der Waals surface area contributed by atoms with Crippen LogP contribution in [0.2, 0.25) is 0 Å². The highest BCUT2D eigenvalue weighted by molar-refractivity contribution is 7.09. The van der Waals surface area contributed by atoms with Crippen molar-refractivity contribution in [3.05, 3.63) is 16.1 Å². The van der Waals surface area contributed by atoms with Crippen molar-refractivity contribution < 1.29 is 4.74 Å². The third-order valence-corrected chi connectivity index (χ3v) is 4.71. The van der Waals surface area contributed by atoms with Gasteiger partial charge in [0.1, 0.15) is 10.6 Å². The fourth-order valence-electron chi connectivity index (χ4n) is 2.73. The van der Waals surface area contributed by atoms with Crippen LogP contribution in [0.1, 0.15) is 57.2 Å². The van der Waals surface area contributed by atoms with Crippen LogP contribution in [0.5, 0.6) is 0 Å². The van der Waals surface area contributed by atoms with Crippen molar-refractivity contribution in [3.63, 3.8) is 0 Å². The van der Waals surface area contributed by atoms with Crippen LogP contribution in [0, 0.1) is 5.92 Å². The molecule has 4 heteroatoms. The van der Waals surface area contributed by atoms with E-state index in [1.165, 1.54) is 17.8 Å². The molecule has 0 bridgehead atoms. The van der Waals surface area contributed by atoms with Crippen LogP contribution < -0.4 is 5.32 Å². The molecule has 108 valence electrons. The van der Waals surface area contributed by atoms with Gasteiger partial charge in [0.25, 0.3) is 0 Å². The second kappa shape index (κ2) is 6.82. The summed E-state index contributed by atoms with van der Waals surface area (Å²) in [6.45, 7) is 9.23. The summed E-state index contributed by atoms with van der Waals surface area (Å²) in [6, 6.07) is 0. The van der Waals surface area contributed by atoms with E-state index in [1.807, 2.05) is 0 Å². The molecule has 1 aliphatic rings. The minimum atomic E-state index is -0.0737. The van der Waals surface area contributed by atoms with E-state index < -0.39 is 0 Å². The summed E-state index contributed by atoms with van der Waals surface area (Å²) < 4.78 is 6.06. The minimum absolute atomic E-state index is 0.0737. The number of nitrogens with one attached hydrogen (secondary N) is 1. The first kappa shape index (κ1) is 14.9. The maximum absolute atomic E-state index is 6.06. The zero-order valence-electron chi connectivity index (χ0n) is 12.4. The molecular formula is C15H26N2OS. The molecule has 0 aromatic carbocycles. The van der Waals surface area contributed by atoms with Crippen LogP contribution in [0.15, 0.2) is 5.38 Å². The van der Waals surface area contributed by atoms with Crippen LogP contribution in [-0.2, 0) is 16.9 Å². The van der Waals surface area contributed by atoms with Gasteiger partial charge in [0.15, 0.2) is 0 Å². The molecule has 19 heavy (non-hydrogen) atoms. The quantitative estimate of drug-likeness (QED) is 0.828. The number of ether oxygens (including phenoxy) is 1. The number of aromatic nitrogens is 1. The summed E-state index contributed by atoms with van der Waals surface area (Å²) in [5.74, 6) is 0.683. The van der Waals surface area contributed by atoms with Crippen molar-refractivity contribution in [1.29, 1.82) is 0 Å². The highest BCUT2D eigenvalue weighted by atomic mass is 32.1. The Labute approximate surface area is 120 Å². The van der Waals surface area contributed by atoms with Crippen molar-refractivity contribution in [2.24, 2.45) is 5.92 Å². The molecule has 1 saturated carbocycles. The normalized spacial score (nSPS) is 18.3. The SMILES string of the molecule is CCOC1(c2nc(CNCC(C)C)cs2)CCCC1. The van der Waals surface area contributed by atoms with Crippen LogP contribution in [0.3, 0.4) is 0 Å². The lowest BCUT2D eigenvalue weighted by atomic mass is 10.0. The summed E-state index contributed by atoms with van der Waals surface area (Å²) in [7, 11) is 0. The Balaban J connectivity index is 1.98. The summed E-state index contributed by atoms with van der Waals surface area (Å²) >= 11 is 1.77. The lowest BCUT2D eigenvalue weighted by Gasteiger charge is -2.26. The van der Waals surface area contributed by atoms with Gasteiger partial charge in [0.2, 0.25) is 0 Å². The molecule has 1 aromatic rings. The molecule has 0 aliphatic heterocycles. The van der Waals surface area contributed by atoms with Crippen LogP contribution in [0.25, 0.3) is 0 Å². The van der Waals surface area contributed by atoms with E-state index in [0.717, 1.165) is 38.2 Å². The van der Waals surface area contributed by atoms with Crippen LogP contribution in [0.4, 0.5) is 0 Å². The van der Waals surface area contributed by atoms with Gasteiger partial charge in [-0.2, -0.15) is 0 Å². The average Bonchev–Trinajstić information content (AvgIpc) is 2.98. The lowest BCUT2D eigenvalue weighted by molar-refractivity contribution is -0.0392. The van der Waals surface area contributed by atoms with E-state index in [9.17, 15) is 0 Å². The predicted molar refractivity (Wildman–Crippen MR) is 80.4 cm³/mol. The Bertz CT molecular complexity index is 383. The van der Waals surface area contributed by atoms with Gasteiger partial charge in [-0.05, 0) is 32.2 Å². The average molecular weight is 282 g/mol. The molecule has 0 amide bonds. The molecule has 1 aromatic heterocycles. The smallest absolute Gasteiger partial charge is 0.125 e. The maximum atomic E-state index is 6.06. The zero-order valence-corrected chi connectivity index (χ0v) is 13.2. The molecule has 1 aliphatic carbocycles. The van der Waals surface area contributed by atoms with Crippen molar-refractivity contribution in [2.45, 2.75) is 58.6 Å². The van der Waals surface area contributed by atoms with E-state index >= 15 is 0 Å². The van der Waals surface area contributed by atoms with E-state index in [0.29, 0.717) is 5.92 Å². The number of hydrogen-bond donors (Lipinski definition) is 1. The van der Waals surface area contributed by atoms with Gasteiger partial charge in [0.05, 0.1) is 5.69 Å². The molecule has 1 N–H and O–H groups in total. The van der Waals surface area contributed by atoms with E-state index in [-0.39, 0.29) is 5.60 Å². The maximum Gasteiger partial charge on any atom is 0.125 e. The molecule has 2 rings (SSSR count). The molecular weight excluding hydrogens is 256 g/mol. The number of thiazole rings is 1. The van der Waals surface area contributed by atoms with Gasteiger partial charge in [0, 0.05) is 18.5 Å². The lowest BCUT2D eigenvalue weighted by Crippen LogP contribution is -2.26. The predicted octanol–water partition coefficient (Wildman–Crippen LogP) is 3.69. The number of nitrogens with zero attached hydrogens (tertiary/aromatic N) is 1. The van der Waals surface area contributed by atoms with Crippen molar-refractivity contribution in [3.8, 4) is 0 Å². The summed E-state index contributed by atoms with van der Waals surface area (Å²) in [5, 5.41) is 6.82. The van der Waals surface area contributed by atoms with E-state index in [1.54, 1.807) is 11.3 Å². The van der Waals surface area contributed by atoms with Gasteiger partial charge >= 0.3 is 0 Å². The molecule has 0 radical (unpaired) electrons. The van der Waals surface area contributed by atoms with Gasteiger partial charge in [-0.1, -0.05) is 26.7 Å². The molecule has 1 fully saturated rings. The van der Waals surface area contributed by atoms with Crippen molar-refractivity contribution in [1.82, 2.24) is 10.3 Å². The standard InChI is InChI=1S/C15H26N2OS/c1-4-18-15(7-5-6-8-15)14-17-13(11-19-14)10-16-9-12(2)3/h11-12,16H,4-10H2,1-3H3. The van der Waals surface area contributed by atoms with Gasteiger partial charge < -0.3 is 10.1 Å². The molecule has 0 saturated heterocycles. The monoisotopic (exact) mass is 282 g/mol. The Morgan fingerprint density at radius 3 is 2.79 bits per heavy atom. The van der Waals surface area contributed by atoms with E-state index in [2.05, 4.69) is 31.5 Å². The molecule has 1 heterocycles. The first-order chi connectivity index (χ1) is 9.16. The highest BCUT2D eigenvalue weighted by Crippen LogP contribution is 2.43. The van der Waals surface area contributed by atoms with Crippen molar-refractivity contribution in [2.75, 3.05) is 13.2 Å². The number of hydrogen-bond acceptors (Lipinski definition) is 4. The van der Waals surface area contributed by atoms with Crippen LogP contribution in [-0.4, -0.2) is 18.1 Å². The van der Waals surface area contributed by atoms with Crippen LogP contribution >= 0.6 is 11.3 Å². The summed E-state index contributed by atoms with van der Waals surface area (Å²) in [5.41, 5.74) is 1.09. The molecule has 0 spiro atoms. The Morgan fingerprint density at radius 1 is 1.42 bits per heavy atom. The van der Waals surface area contributed by atoms with Gasteiger partial charge in [-0.3, -0.25) is 0 Å².